The third-order valence-electron chi connectivity index (χ3n) is 4.51. The number of hydrogen-bond donors (Lipinski definition) is 0. The first-order valence-electron chi connectivity index (χ1n) is 8.19. The maximum Gasteiger partial charge on any atom is 0.246 e. The minimum atomic E-state index is 0.0305. The maximum absolute atomic E-state index is 12.3. The molecule has 1 aliphatic heterocycles. The summed E-state index contributed by atoms with van der Waals surface area (Å²) in [4.78, 5) is 14.2. The van der Waals surface area contributed by atoms with Gasteiger partial charge in [0.05, 0.1) is 5.02 Å². The summed E-state index contributed by atoms with van der Waals surface area (Å²) in [6, 6.07) is 4.01. The normalized spacial score (nSPS) is 18.2. The van der Waals surface area contributed by atoms with Gasteiger partial charge in [0.15, 0.2) is 11.5 Å². The van der Waals surface area contributed by atoms with Crippen molar-refractivity contribution < 1.29 is 14.3 Å². The van der Waals surface area contributed by atoms with E-state index < -0.39 is 0 Å². The molecule has 1 fully saturated rings. The van der Waals surface area contributed by atoms with Crippen LogP contribution in [0.5, 0.6) is 11.5 Å². The van der Waals surface area contributed by atoms with Gasteiger partial charge in [0.1, 0.15) is 13.2 Å². The number of amides is 1. The minimum absolute atomic E-state index is 0.0305. The van der Waals surface area contributed by atoms with Crippen LogP contribution in [0, 0.1) is 0 Å². The zero-order chi connectivity index (χ0) is 16.2. The average Bonchev–Trinajstić information content (AvgIpc) is 2.60. The molecule has 0 saturated heterocycles. The van der Waals surface area contributed by atoms with E-state index in [4.69, 9.17) is 21.1 Å². The van der Waals surface area contributed by atoms with Crippen LogP contribution in [-0.4, -0.2) is 37.1 Å². The fourth-order valence-electron chi connectivity index (χ4n) is 3.16. The van der Waals surface area contributed by atoms with Crippen molar-refractivity contribution in [3.63, 3.8) is 0 Å². The molecule has 0 atom stereocenters. The number of fused-ring (bicyclic) bond motifs is 1. The predicted molar refractivity (Wildman–Crippen MR) is 91.1 cm³/mol. The topological polar surface area (TPSA) is 38.8 Å². The molecule has 124 valence electrons. The van der Waals surface area contributed by atoms with Gasteiger partial charge in [-0.25, -0.2) is 0 Å². The number of halogens is 1. The van der Waals surface area contributed by atoms with Gasteiger partial charge in [-0.05, 0) is 36.6 Å². The molecule has 23 heavy (non-hydrogen) atoms. The van der Waals surface area contributed by atoms with Gasteiger partial charge < -0.3 is 14.4 Å². The lowest BCUT2D eigenvalue weighted by Gasteiger charge is -2.30. The monoisotopic (exact) mass is 335 g/mol. The first-order valence-corrected chi connectivity index (χ1v) is 8.57. The van der Waals surface area contributed by atoms with Crippen molar-refractivity contribution in [3.05, 3.63) is 28.8 Å². The number of carbonyl (C=O) groups excluding carboxylic acids is 1. The number of likely N-dealkylation sites (N-methyl/N-ethyl adjacent to an activating group) is 1. The van der Waals surface area contributed by atoms with Crippen molar-refractivity contribution in [2.75, 3.05) is 20.3 Å². The Balaban J connectivity index is 1.69. The van der Waals surface area contributed by atoms with Crippen molar-refractivity contribution in [1.82, 2.24) is 4.90 Å². The molecular weight excluding hydrogens is 314 g/mol. The van der Waals surface area contributed by atoms with Crippen molar-refractivity contribution in [2.24, 2.45) is 0 Å². The molecule has 1 saturated carbocycles. The molecule has 0 unspecified atom stereocenters. The van der Waals surface area contributed by atoms with Crippen LogP contribution in [0.1, 0.15) is 37.7 Å². The van der Waals surface area contributed by atoms with Crippen molar-refractivity contribution in [2.45, 2.75) is 38.1 Å². The third-order valence-corrected chi connectivity index (χ3v) is 4.79. The molecule has 1 aliphatic carbocycles. The third kappa shape index (κ3) is 3.81. The van der Waals surface area contributed by atoms with Gasteiger partial charge in [-0.1, -0.05) is 30.9 Å². The van der Waals surface area contributed by atoms with Crippen LogP contribution >= 0.6 is 11.6 Å². The first-order chi connectivity index (χ1) is 11.1. The predicted octanol–water partition coefficient (Wildman–Crippen LogP) is 3.92. The first kappa shape index (κ1) is 16.2. The van der Waals surface area contributed by atoms with E-state index >= 15 is 0 Å². The molecule has 0 radical (unpaired) electrons. The van der Waals surface area contributed by atoms with Gasteiger partial charge in [0, 0.05) is 19.2 Å². The highest BCUT2D eigenvalue weighted by atomic mass is 35.5. The summed E-state index contributed by atoms with van der Waals surface area (Å²) < 4.78 is 11.1. The van der Waals surface area contributed by atoms with Crippen LogP contribution in [0.2, 0.25) is 5.02 Å². The number of ether oxygens (including phenoxy) is 2. The van der Waals surface area contributed by atoms with Crippen LogP contribution in [0.25, 0.3) is 6.08 Å². The summed E-state index contributed by atoms with van der Waals surface area (Å²) in [5.41, 5.74) is 0.838. The molecule has 0 bridgehead atoms. The second kappa shape index (κ2) is 7.26. The Labute approximate surface area is 142 Å². The fraction of sp³-hybridized carbons (Fsp3) is 0.500. The number of nitrogens with zero attached hydrogens (tertiary/aromatic N) is 1. The molecule has 1 aromatic rings. The molecule has 3 rings (SSSR count). The second-order valence-corrected chi connectivity index (χ2v) is 6.51. The quantitative estimate of drug-likeness (QED) is 0.786. The highest BCUT2D eigenvalue weighted by Crippen LogP contribution is 2.38. The fourth-order valence-corrected chi connectivity index (χ4v) is 3.43. The lowest BCUT2D eigenvalue weighted by Crippen LogP contribution is -2.37. The maximum atomic E-state index is 12.3. The van der Waals surface area contributed by atoms with E-state index in [-0.39, 0.29) is 5.91 Å². The zero-order valence-corrected chi connectivity index (χ0v) is 14.1. The Morgan fingerprint density at radius 1 is 1.22 bits per heavy atom. The number of carbonyl (C=O) groups is 1. The van der Waals surface area contributed by atoms with E-state index in [0.29, 0.717) is 35.8 Å². The van der Waals surface area contributed by atoms with Gasteiger partial charge in [0.25, 0.3) is 0 Å². The molecule has 1 aromatic carbocycles. The van der Waals surface area contributed by atoms with E-state index in [1.165, 1.54) is 19.3 Å². The number of hydrogen-bond acceptors (Lipinski definition) is 3. The summed E-state index contributed by atoms with van der Waals surface area (Å²) in [6.45, 7) is 1.02. The van der Waals surface area contributed by atoms with Crippen molar-refractivity contribution in [3.8, 4) is 11.5 Å². The Morgan fingerprint density at radius 3 is 2.74 bits per heavy atom. The summed E-state index contributed by atoms with van der Waals surface area (Å²) in [7, 11) is 1.89. The van der Waals surface area contributed by atoms with Crippen LogP contribution in [0.15, 0.2) is 18.2 Å². The molecule has 5 heteroatoms. The van der Waals surface area contributed by atoms with E-state index in [1.54, 1.807) is 18.2 Å². The Kier molecular flexibility index (Phi) is 5.11. The summed E-state index contributed by atoms with van der Waals surface area (Å²) in [6.07, 6.45) is 9.30. The molecule has 1 heterocycles. The van der Waals surface area contributed by atoms with E-state index in [2.05, 4.69) is 0 Å². The zero-order valence-electron chi connectivity index (χ0n) is 13.4. The SMILES string of the molecule is CN(C(=O)/C=C/c1cc(Cl)c2c(c1)OCCO2)C1CCCCC1. The van der Waals surface area contributed by atoms with Crippen LogP contribution in [0.4, 0.5) is 0 Å². The van der Waals surface area contributed by atoms with Crippen LogP contribution in [-0.2, 0) is 4.79 Å². The van der Waals surface area contributed by atoms with Crippen molar-refractivity contribution in [1.29, 1.82) is 0 Å². The van der Waals surface area contributed by atoms with E-state index in [9.17, 15) is 4.79 Å². The lowest BCUT2D eigenvalue weighted by atomic mass is 9.94. The molecule has 0 spiro atoms. The highest BCUT2D eigenvalue weighted by Gasteiger charge is 2.20. The van der Waals surface area contributed by atoms with Gasteiger partial charge in [-0.15, -0.1) is 0 Å². The Morgan fingerprint density at radius 2 is 1.96 bits per heavy atom. The standard InChI is InChI=1S/C18H22ClNO3/c1-20(14-5-3-2-4-6-14)17(21)8-7-13-11-15(19)18-16(12-13)22-9-10-23-18/h7-8,11-12,14H,2-6,9-10H2,1H3/b8-7+. The smallest absolute Gasteiger partial charge is 0.246 e. The molecule has 1 amide bonds. The average molecular weight is 336 g/mol. The van der Waals surface area contributed by atoms with E-state index in [0.717, 1.165) is 18.4 Å². The second-order valence-electron chi connectivity index (χ2n) is 6.10. The molecule has 0 N–H and O–H groups in total. The van der Waals surface area contributed by atoms with Gasteiger partial charge >= 0.3 is 0 Å². The highest BCUT2D eigenvalue weighted by molar-refractivity contribution is 6.32. The minimum Gasteiger partial charge on any atom is -0.486 e. The number of benzene rings is 1. The molecular formula is C18H22ClNO3. The van der Waals surface area contributed by atoms with Crippen LogP contribution in [0.3, 0.4) is 0 Å². The van der Waals surface area contributed by atoms with Gasteiger partial charge in [0.2, 0.25) is 5.91 Å². The van der Waals surface area contributed by atoms with Gasteiger partial charge in [-0.2, -0.15) is 0 Å². The molecule has 0 aromatic heterocycles. The lowest BCUT2D eigenvalue weighted by molar-refractivity contribution is -0.127. The van der Waals surface area contributed by atoms with Crippen molar-refractivity contribution >= 4 is 23.6 Å². The van der Waals surface area contributed by atoms with E-state index in [1.807, 2.05) is 18.0 Å². The summed E-state index contributed by atoms with van der Waals surface area (Å²) in [5, 5.41) is 0.509. The Hall–Kier alpha value is -1.68. The summed E-state index contributed by atoms with van der Waals surface area (Å²) in [5.74, 6) is 1.25. The van der Waals surface area contributed by atoms with Crippen LogP contribution < -0.4 is 9.47 Å². The molecule has 2 aliphatic rings. The van der Waals surface area contributed by atoms with Gasteiger partial charge in [-0.3, -0.25) is 4.79 Å². The Bertz CT molecular complexity index is 609. The number of rotatable bonds is 3. The summed E-state index contributed by atoms with van der Waals surface area (Å²) >= 11 is 6.21. The largest absolute Gasteiger partial charge is 0.486 e. The molecule has 4 nitrogen and oxygen atoms in total.